The number of hydrogen-bond donors (Lipinski definition) is 3. The van der Waals surface area contributed by atoms with Crippen molar-refractivity contribution in [3.8, 4) is 0 Å². The van der Waals surface area contributed by atoms with Crippen molar-refractivity contribution in [2.24, 2.45) is 23.2 Å². The van der Waals surface area contributed by atoms with E-state index in [0.29, 0.717) is 34.3 Å². The average Bonchev–Trinajstić information content (AvgIpc) is 2.99. The Kier molecular flexibility index (Phi) is 7.25. The molecule has 0 aromatic carbocycles. The van der Waals surface area contributed by atoms with Gasteiger partial charge in [-0.05, 0) is 86.7 Å². The maximum atomic E-state index is 14.2. The van der Waals surface area contributed by atoms with Gasteiger partial charge in [-0.2, -0.15) is 0 Å². The Morgan fingerprint density at radius 3 is 2.68 bits per heavy atom. The molecule has 2 unspecified atom stereocenters. The van der Waals surface area contributed by atoms with Crippen LogP contribution in [0.1, 0.15) is 91.9 Å². The third kappa shape index (κ3) is 5.69. The second-order valence-corrected chi connectivity index (χ2v) is 11.6. The molecular weight excluding hydrogens is 391 g/mol. The van der Waals surface area contributed by atoms with Crippen LogP contribution in [0.3, 0.4) is 0 Å². The highest BCUT2D eigenvalue weighted by molar-refractivity contribution is 5.39. The lowest BCUT2D eigenvalue weighted by atomic mass is 9.60. The van der Waals surface area contributed by atoms with Crippen molar-refractivity contribution >= 4 is 0 Å². The van der Waals surface area contributed by atoms with E-state index in [1.807, 2.05) is 19.9 Å². The van der Waals surface area contributed by atoms with Crippen LogP contribution in [-0.4, -0.2) is 32.9 Å². The van der Waals surface area contributed by atoms with Gasteiger partial charge in [-0.15, -0.1) is 0 Å². The van der Waals surface area contributed by atoms with E-state index in [-0.39, 0.29) is 12.8 Å². The van der Waals surface area contributed by atoms with Crippen molar-refractivity contribution in [1.82, 2.24) is 0 Å². The van der Waals surface area contributed by atoms with Crippen molar-refractivity contribution in [2.75, 3.05) is 0 Å². The van der Waals surface area contributed by atoms with Gasteiger partial charge in [-0.1, -0.05) is 51.0 Å². The zero-order chi connectivity index (χ0) is 23.0. The van der Waals surface area contributed by atoms with Crippen LogP contribution < -0.4 is 0 Å². The van der Waals surface area contributed by atoms with E-state index in [9.17, 15) is 19.7 Å². The molecule has 3 rings (SSSR count). The van der Waals surface area contributed by atoms with Gasteiger partial charge in [0.15, 0.2) is 0 Å². The Morgan fingerprint density at radius 2 is 2.00 bits per heavy atom. The quantitative estimate of drug-likeness (QED) is 0.480. The summed E-state index contributed by atoms with van der Waals surface area (Å²) in [6.07, 6.45) is 11.6. The summed E-state index contributed by atoms with van der Waals surface area (Å²) in [7, 11) is 0. The van der Waals surface area contributed by atoms with Gasteiger partial charge in [0, 0.05) is 12.8 Å². The SMILES string of the molecule is C=C1C(=CC=C2CCC[C@@]3(C)C2CC[C@@H]3[C@H](C)CCCC(C)(C)O)C[C@](O)(F)CC1O. The van der Waals surface area contributed by atoms with Gasteiger partial charge >= 0.3 is 0 Å². The summed E-state index contributed by atoms with van der Waals surface area (Å²) in [6.45, 7) is 12.6. The van der Waals surface area contributed by atoms with Gasteiger partial charge in [0.05, 0.1) is 11.7 Å². The summed E-state index contributed by atoms with van der Waals surface area (Å²) < 4.78 is 14.2. The first-order chi connectivity index (χ1) is 14.3. The summed E-state index contributed by atoms with van der Waals surface area (Å²) in [4.78, 5) is 0. The summed E-state index contributed by atoms with van der Waals surface area (Å²) >= 11 is 0. The van der Waals surface area contributed by atoms with E-state index in [1.54, 1.807) is 0 Å². The first kappa shape index (κ1) is 24.7. The number of fused-ring (bicyclic) bond motifs is 1. The molecule has 176 valence electrons. The summed E-state index contributed by atoms with van der Waals surface area (Å²) in [5.41, 5.74) is 2.29. The van der Waals surface area contributed by atoms with Crippen LogP contribution in [0.15, 0.2) is 35.5 Å². The Labute approximate surface area is 188 Å². The molecule has 0 radical (unpaired) electrons. The first-order valence-electron chi connectivity index (χ1n) is 12.2. The lowest BCUT2D eigenvalue weighted by Crippen LogP contribution is -2.36. The molecule has 0 aliphatic heterocycles. The second-order valence-electron chi connectivity index (χ2n) is 11.6. The van der Waals surface area contributed by atoms with Gasteiger partial charge in [-0.3, -0.25) is 0 Å². The second kappa shape index (κ2) is 9.11. The topological polar surface area (TPSA) is 60.7 Å². The first-order valence-corrected chi connectivity index (χ1v) is 12.2. The Morgan fingerprint density at radius 1 is 1.29 bits per heavy atom. The Hall–Kier alpha value is -0.970. The largest absolute Gasteiger partial charge is 0.390 e. The molecule has 3 aliphatic rings. The van der Waals surface area contributed by atoms with E-state index >= 15 is 0 Å². The van der Waals surface area contributed by atoms with E-state index in [2.05, 4.69) is 26.5 Å². The van der Waals surface area contributed by atoms with Crippen LogP contribution in [0.2, 0.25) is 0 Å². The number of allylic oxidation sites excluding steroid dienone is 3. The molecule has 0 amide bonds. The summed E-state index contributed by atoms with van der Waals surface area (Å²) in [5.74, 6) is -0.475. The highest BCUT2D eigenvalue weighted by Crippen LogP contribution is 2.60. The fourth-order valence-corrected chi connectivity index (χ4v) is 6.76. The van der Waals surface area contributed by atoms with E-state index in [1.165, 1.54) is 31.3 Å². The molecule has 31 heavy (non-hydrogen) atoms. The van der Waals surface area contributed by atoms with Crippen molar-refractivity contribution < 1.29 is 19.7 Å². The molecule has 0 aromatic heterocycles. The normalized spacial score (nSPS) is 40.4. The molecular formula is C27H43FO3. The molecule has 0 spiro atoms. The van der Waals surface area contributed by atoms with Crippen molar-refractivity contribution in [2.45, 2.75) is 109 Å². The molecule has 3 nitrogen and oxygen atoms in total. The fraction of sp³-hybridized carbons (Fsp3) is 0.778. The molecule has 6 atom stereocenters. The van der Waals surface area contributed by atoms with Crippen LogP contribution in [0.4, 0.5) is 4.39 Å². The highest BCUT2D eigenvalue weighted by Gasteiger charge is 2.50. The van der Waals surface area contributed by atoms with Crippen LogP contribution in [-0.2, 0) is 0 Å². The maximum Gasteiger partial charge on any atom is 0.213 e. The monoisotopic (exact) mass is 434 g/mol. The van der Waals surface area contributed by atoms with Crippen LogP contribution in [0.25, 0.3) is 0 Å². The smallest absolute Gasteiger partial charge is 0.213 e. The average molecular weight is 435 g/mol. The zero-order valence-electron chi connectivity index (χ0n) is 20.0. The van der Waals surface area contributed by atoms with Crippen molar-refractivity contribution in [1.29, 1.82) is 0 Å². The number of rotatable bonds is 6. The van der Waals surface area contributed by atoms with Crippen LogP contribution in [0, 0.1) is 23.2 Å². The molecule has 3 N–H and O–H groups in total. The molecule has 3 fully saturated rings. The lowest BCUT2D eigenvalue weighted by Gasteiger charge is -2.44. The number of alkyl halides is 1. The minimum Gasteiger partial charge on any atom is -0.390 e. The van der Waals surface area contributed by atoms with Crippen LogP contribution >= 0.6 is 0 Å². The molecule has 0 heterocycles. The fourth-order valence-electron chi connectivity index (χ4n) is 6.76. The summed E-state index contributed by atoms with van der Waals surface area (Å²) in [5, 5.41) is 29.9. The van der Waals surface area contributed by atoms with E-state index in [0.717, 1.165) is 25.7 Å². The molecule has 4 heteroatoms. The minimum absolute atomic E-state index is 0.102. The third-order valence-electron chi connectivity index (χ3n) is 8.45. The van der Waals surface area contributed by atoms with Gasteiger partial charge in [-0.25, -0.2) is 4.39 Å². The molecule has 3 saturated carbocycles. The molecule has 0 bridgehead atoms. The summed E-state index contributed by atoms with van der Waals surface area (Å²) in [6, 6.07) is 0. The van der Waals surface area contributed by atoms with Crippen molar-refractivity contribution in [3.63, 3.8) is 0 Å². The van der Waals surface area contributed by atoms with E-state index in [4.69, 9.17) is 0 Å². The zero-order valence-corrected chi connectivity index (χ0v) is 20.0. The number of aliphatic hydroxyl groups is 3. The van der Waals surface area contributed by atoms with Crippen LogP contribution in [0.5, 0.6) is 0 Å². The van der Waals surface area contributed by atoms with Gasteiger partial charge in [0.2, 0.25) is 5.85 Å². The highest BCUT2D eigenvalue weighted by atomic mass is 19.2. The third-order valence-corrected chi connectivity index (χ3v) is 8.45. The Balaban J connectivity index is 1.72. The molecule has 0 saturated heterocycles. The maximum absolute atomic E-state index is 14.2. The van der Waals surface area contributed by atoms with E-state index < -0.39 is 17.6 Å². The predicted molar refractivity (Wildman–Crippen MR) is 124 cm³/mol. The number of aliphatic hydroxyl groups excluding tert-OH is 1. The molecule has 3 aliphatic carbocycles. The van der Waals surface area contributed by atoms with Gasteiger partial charge < -0.3 is 15.3 Å². The molecule has 0 aromatic rings. The number of halogens is 1. The standard InChI is InChI=1S/C27H43FO3/c1-18(8-6-14-25(3,4)30)22-12-13-23-20(9-7-15-26(22,23)5)10-11-21-16-27(28,31)17-24(29)19(21)2/h10-11,18,22-24,29-31H,2,6-9,12-17H2,1,3-5H3/t18-,22-,23?,24?,26-,27-/m1/s1. The Bertz CT molecular complexity index is 729. The van der Waals surface area contributed by atoms with Crippen molar-refractivity contribution in [3.05, 3.63) is 35.5 Å². The number of hydrogen-bond acceptors (Lipinski definition) is 3. The lowest BCUT2D eigenvalue weighted by molar-refractivity contribution is -0.118. The minimum atomic E-state index is -2.36. The van der Waals surface area contributed by atoms with Gasteiger partial charge in [0.25, 0.3) is 0 Å². The van der Waals surface area contributed by atoms with Gasteiger partial charge in [0.1, 0.15) is 0 Å². The predicted octanol–water partition coefficient (Wildman–Crippen LogP) is 6.00.